The number of benzene rings is 1. The molecule has 0 bridgehead atoms. The topological polar surface area (TPSA) is 58.6 Å². The smallest absolute Gasteiger partial charge is 0.220 e. The molecule has 1 aromatic carbocycles. The number of amides is 1. The maximum Gasteiger partial charge on any atom is 0.220 e. The van der Waals surface area contributed by atoms with Crippen LogP contribution in [0.1, 0.15) is 24.0 Å². The third-order valence-corrected chi connectivity index (χ3v) is 3.16. The minimum absolute atomic E-state index is 0.0290. The molecule has 1 aliphatic rings. The van der Waals surface area contributed by atoms with Gasteiger partial charge in [0.05, 0.1) is 6.61 Å². The van der Waals surface area contributed by atoms with Crippen molar-refractivity contribution in [2.75, 3.05) is 13.2 Å². The Kier molecular flexibility index (Phi) is 4.73. The van der Waals surface area contributed by atoms with E-state index in [1.54, 1.807) is 0 Å². The molecule has 2 N–H and O–H groups in total. The molecule has 0 unspecified atom stereocenters. The minimum atomic E-state index is 0.0290. The lowest BCUT2D eigenvalue weighted by Gasteiger charge is -2.09. The summed E-state index contributed by atoms with van der Waals surface area (Å²) in [6.45, 7) is 2.02. The second-order valence-corrected chi connectivity index (χ2v) is 4.69. The molecule has 0 saturated carbocycles. The number of nitrogens with one attached hydrogen (secondary N) is 1. The Labute approximate surface area is 107 Å². The molecule has 1 fully saturated rings. The number of carbonyl (C=O) groups excluding carboxylic acids is 1. The van der Waals surface area contributed by atoms with Gasteiger partial charge in [0.25, 0.3) is 0 Å². The van der Waals surface area contributed by atoms with E-state index in [0.29, 0.717) is 25.5 Å². The van der Waals surface area contributed by atoms with Crippen LogP contribution in [0.25, 0.3) is 0 Å². The van der Waals surface area contributed by atoms with Gasteiger partial charge in [-0.05, 0) is 23.5 Å². The molecule has 1 heterocycles. The van der Waals surface area contributed by atoms with E-state index < -0.39 is 0 Å². The van der Waals surface area contributed by atoms with Crippen LogP contribution in [0.4, 0.5) is 0 Å². The largest absolute Gasteiger partial charge is 0.392 e. The lowest BCUT2D eigenvalue weighted by atomic mass is 10.0. The van der Waals surface area contributed by atoms with Crippen LogP contribution in [0.3, 0.4) is 0 Å². The zero-order valence-corrected chi connectivity index (χ0v) is 10.4. The van der Waals surface area contributed by atoms with Crippen molar-refractivity contribution < 1.29 is 14.6 Å². The molecule has 18 heavy (non-hydrogen) atoms. The van der Waals surface area contributed by atoms with E-state index in [9.17, 15) is 4.79 Å². The van der Waals surface area contributed by atoms with Gasteiger partial charge in [-0.2, -0.15) is 0 Å². The van der Waals surface area contributed by atoms with E-state index in [1.807, 2.05) is 24.3 Å². The molecule has 0 aromatic heterocycles. The van der Waals surface area contributed by atoms with Crippen molar-refractivity contribution in [2.45, 2.75) is 26.0 Å². The fraction of sp³-hybridized carbons (Fsp3) is 0.500. The van der Waals surface area contributed by atoms with E-state index >= 15 is 0 Å². The maximum absolute atomic E-state index is 11.7. The van der Waals surface area contributed by atoms with Crippen LogP contribution >= 0.6 is 0 Å². The zero-order chi connectivity index (χ0) is 12.8. The molecule has 1 aliphatic heterocycles. The van der Waals surface area contributed by atoms with Crippen LogP contribution in [-0.2, 0) is 22.7 Å². The predicted octanol–water partition coefficient (Wildman–Crippen LogP) is 1.22. The molecule has 4 heteroatoms. The van der Waals surface area contributed by atoms with Crippen molar-refractivity contribution in [2.24, 2.45) is 5.92 Å². The Morgan fingerprint density at radius 2 is 2.28 bits per heavy atom. The fourth-order valence-electron chi connectivity index (χ4n) is 2.12. The summed E-state index contributed by atoms with van der Waals surface area (Å²) >= 11 is 0. The summed E-state index contributed by atoms with van der Waals surface area (Å²) < 4.78 is 5.24. The first kappa shape index (κ1) is 13.1. The Balaban J connectivity index is 1.77. The summed E-state index contributed by atoms with van der Waals surface area (Å²) in [7, 11) is 0. The predicted molar refractivity (Wildman–Crippen MR) is 67.8 cm³/mol. The number of rotatable bonds is 5. The second kappa shape index (κ2) is 6.52. The van der Waals surface area contributed by atoms with Crippen LogP contribution in [0, 0.1) is 5.92 Å². The highest BCUT2D eigenvalue weighted by atomic mass is 16.5. The van der Waals surface area contributed by atoms with Gasteiger partial charge in [0.2, 0.25) is 5.91 Å². The summed E-state index contributed by atoms with van der Waals surface area (Å²) in [5.74, 6) is 0.439. The van der Waals surface area contributed by atoms with E-state index in [1.165, 1.54) is 0 Å². The molecular formula is C14H19NO3. The van der Waals surface area contributed by atoms with Gasteiger partial charge < -0.3 is 15.2 Å². The molecule has 2 rings (SSSR count). The second-order valence-electron chi connectivity index (χ2n) is 4.69. The highest BCUT2D eigenvalue weighted by molar-refractivity contribution is 5.76. The molecule has 1 aromatic rings. The third kappa shape index (κ3) is 3.82. The monoisotopic (exact) mass is 249 g/mol. The molecule has 1 amide bonds. The van der Waals surface area contributed by atoms with Crippen molar-refractivity contribution >= 4 is 5.91 Å². The molecular weight excluding hydrogens is 230 g/mol. The molecule has 98 valence electrons. The average molecular weight is 249 g/mol. The van der Waals surface area contributed by atoms with Crippen LogP contribution < -0.4 is 5.32 Å². The first-order valence-electron chi connectivity index (χ1n) is 6.31. The highest BCUT2D eigenvalue weighted by Crippen LogP contribution is 2.16. The number of aliphatic hydroxyl groups is 1. The normalized spacial score (nSPS) is 18.8. The van der Waals surface area contributed by atoms with Gasteiger partial charge in [0.1, 0.15) is 0 Å². The highest BCUT2D eigenvalue weighted by Gasteiger charge is 2.18. The van der Waals surface area contributed by atoms with Gasteiger partial charge in [-0.3, -0.25) is 4.79 Å². The Morgan fingerprint density at radius 3 is 3.00 bits per heavy atom. The standard InChI is InChI=1S/C14H19NO3/c16-9-12-3-1-2-11(6-12)8-15-14(17)7-13-4-5-18-10-13/h1-3,6,13,16H,4-5,7-10H2,(H,15,17)/t13-/m0/s1. The van der Waals surface area contributed by atoms with Gasteiger partial charge in [-0.25, -0.2) is 0 Å². The van der Waals surface area contributed by atoms with Crippen LogP contribution in [0.15, 0.2) is 24.3 Å². The van der Waals surface area contributed by atoms with Crippen molar-refractivity contribution in [1.82, 2.24) is 5.32 Å². The van der Waals surface area contributed by atoms with Gasteiger partial charge in [0.15, 0.2) is 0 Å². The minimum Gasteiger partial charge on any atom is -0.392 e. The fourth-order valence-corrected chi connectivity index (χ4v) is 2.12. The van der Waals surface area contributed by atoms with Crippen molar-refractivity contribution in [1.29, 1.82) is 0 Å². The lowest BCUT2D eigenvalue weighted by Crippen LogP contribution is -2.25. The summed E-state index contributed by atoms with van der Waals surface area (Å²) in [6, 6.07) is 7.59. The van der Waals surface area contributed by atoms with Crippen LogP contribution in [-0.4, -0.2) is 24.2 Å². The Bertz CT molecular complexity index is 400. The number of ether oxygens (including phenoxy) is 1. The molecule has 0 spiro atoms. The van der Waals surface area contributed by atoms with Crippen LogP contribution in [0.2, 0.25) is 0 Å². The molecule has 1 atom stereocenters. The van der Waals surface area contributed by atoms with Crippen molar-refractivity contribution in [3.63, 3.8) is 0 Å². The first-order valence-corrected chi connectivity index (χ1v) is 6.31. The van der Waals surface area contributed by atoms with E-state index in [2.05, 4.69) is 5.32 Å². The summed E-state index contributed by atoms with van der Waals surface area (Å²) in [4.78, 5) is 11.7. The van der Waals surface area contributed by atoms with Crippen molar-refractivity contribution in [3.05, 3.63) is 35.4 Å². The van der Waals surface area contributed by atoms with Gasteiger partial charge in [-0.1, -0.05) is 24.3 Å². The first-order chi connectivity index (χ1) is 8.78. The lowest BCUT2D eigenvalue weighted by molar-refractivity contribution is -0.122. The van der Waals surface area contributed by atoms with E-state index in [0.717, 1.165) is 24.2 Å². The van der Waals surface area contributed by atoms with E-state index in [-0.39, 0.29) is 12.5 Å². The van der Waals surface area contributed by atoms with Crippen molar-refractivity contribution in [3.8, 4) is 0 Å². The number of carbonyl (C=O) groups is 1. The van der Waals surface area contributed by atoms with E-state index in [4.69, 9.17) is 9.84 Å². The molecule has 0 radical (unpaired) electrons. The quantitative estimate of drug-likeness (QED) is 0.825. The number of hydrogen-bond acceptors (Lipinski definition) is 3. The number of hydrogen-bond donors (Lipinski definition) is 2. The van der Waals surface area contributed by atoms with Crippen LogP contribution in [0.5, 0.6) is 0 Å². The molecule has 4 nitrogen and oxygen atoms in total. The Hall–Kier alpha value is -1.39. The van der Waals surface area contributed by atoms with Gasteiger partial charge >= 0.3 is 0 Å². The third-order valence-electron chi connectivity index (χ3n) is 3.16. The van der Waals surface area contributed by atoms with Gasteiger partial charge in [0, 0.05) is 26.2 Å². The summed E-state index contributed by atoms with van der Waals surface area (Å²) in [6.07, 6.45) is 1.52. The SMILES string of the molecule is O=C(C[C@@H]1CCOC1)NCc1cccc(CO)c1. The molecule has 0 aliphatic carbocycles. The zero-order valence-electron chi connectivity index (χ0n) is 10.4. The summed E-state index contributed by atoms with van der Waals surface area (Å²) in [5, 5.41) is 11.9. The van der Waals surface area contributed by atoms with Gasteiger partial charge in [-0.15, -0.1) is 0 Å². The average Bonchev–Trinajstić information content (AvgIpc) is 2.89. The maximum atomic E-state index is 11.7. The summed E-state index contributed by atoms with van der Waals surface area (Å²) in [5.41, 5.74) is 1.88. The molecule has 1 saturated heterocycles. The number of aliphatic hydroxyl groups excluding tert-OH is 1. The Morgan fingerprint density at radius 1 is 1.44 bits per heavy atom.